The molecule has 0 bridgehead atoms. The van der Waals surface area contributed by atoms with Crippen molar-refractivity contribution in [2.75, 3.05) is 0 Å². The van der Waals surface area contributed by atoms with Crippen molar-refractivity contribution in [3.8, 4) is 28.7 Å². The lowest BCUT2D eigenvalue weighted by Gasteiger charge is -2.11. The molecule has 0 radical (unpaired) electrons. The van der Waals surface area contributed by atoms with Gasteiger partial charge < -0.3 is 25.5 Å². The molecule has 5 unspecified atom stereocenters. The van der Waals surface area contributed by atoms with E-state index in [2.05, 4.69) is 142 Å². The van der Waals surface area contributed by atoms with Crippen LogP contribution in [0.5, 0.6) is 28.7 Å². The topological polar surface area (TPSA) is 101 Å². The molecule has 0 saturated carbocycles. The van der Waals surface area contributed by atoms with Crippen LogP contribution < -0.4 is 0 Å². The van der Waals surface area contributed by atoms with Crippen molar-refractivity contribution in [2.45, 2.75) is 131 Å². The highest BCUT2D eigenvalue weighted by Crippen LogP contribution is 2.33. The van der Waals surface area contributed by atoms with Crippen LogP contribution in [-0.4, -0.2) is 25.5 Å². The molecule has 0 fully saturated rings. The summed E-state index contributed by atoms with van der Waals surface area (Å²) in [6, 6.07) is 59.8. The van der Waals surface area contributed by atoms with Crippen LogP contribution >= 0.6 is 0 Å². The van der Waals surface area contributed by atoms with Gasteiger partial charge in [-0.3, -0.25) is 0 Å². The van der Waals surface area contributed by atoms with Crippen molar-refractivity contribution in [3.05, 3.63) is 210 Å². The van der Waals surface area contributed by atoms with Crippen LogP contribution in [-0.2, 0) is 0 Å². The molecule has 0 aliphatic rings. The normalized spacial score (nSPS) is 12.9. The third-order valence-corrected chi connectivity index (χ3v) is 15.2. The number of hydrogen-bond acceptors (Lipinski definition) is 5. The number of fused-ring (bicyclic) bond motifs is 5. The van der Waals surface area contributed by atoms with Crippen molar-refractivity contribution in [2.24, 2.45) is 0 Å². The zero-order chi connectivity index (χ0) is 54.2. The van der Waals surface area contributed by atoms with Crippen molar-refractivity contribution in [3.63, 3.8) is 0 Å². The maximum absolute atomic E-state index is 9.90. The van der Waals surface area contributed by atoms with Gasteiger partial charge >= 0.3 is 0 Å². The van der Waals surface area contributed by atoms with E-state index in [9.17, 15) is 25.5 Å². The van der Waals surface area contributed by atoms with E-state index < -0.39 is 0 Å². The molecule has 0 aliphatic heterocycles. The Bertz CT molecular complexity index is 3390. The molecule has 0 spiro atoms. The van der Waals surface area contributed by atoms with E-state index in [-0.39, 0.29) is 0 Å². The van der Waals surface area contributed by atoms with Crippen molar-refractivity contribution in [1.82, 2.24) is 0 Å². The van der Waals surface area contributed by atoms with Gasteiger partial charge in [0.15, 0.2) is 0 Å². The predicted molar refractivity (Wildman–Crippen MR) is 322 cm³/mol. The van der Waals surface area contributed by atoms with Crippen LogP contribution in [0, 0.1) is 0 Å². The van der Waals surface area contributed by atoms with E-state index in [0.717, 1.165) is 75.2 Å². The van der Waals surface area contributed by atoms with Crippen LogP contribution in [0.1, 0.15) is 159 Å². The summed E-state index contributed by atoms with van der Waals surface area (Å²) in [6.07, 6.45) is 5.66. The first-order chi connectivity index (χ1) is 36.1. The Balaban J connectivity index is 0.000000152. The van der Waals surface area contributed by atoms with Gasteiger partial charge in [0.2, 0.25) is 0 Å². The molecule has 0 heterocycles. The Morgan fingerprint density at radius 1 is 0.253 bits per heavy atom. The molecule has 0 aromatic heterocycles. The van der Waals surface area contributed by atoms with E-state index >= 15 is 0 Å². The lowest BCUT2D eigenvalue weighted by molar-refractivity contribution is 0.475. The summed E-state index contributed by atoms with van der Waals surface area (Å²) in [5.41, 5.74) is 6.57. The van der Waals surface area contributed by atoms with Gasteiger partial charge in [0, 0.05) is 16.2 Å². The molecule has 75 heavy (non-hydrogen) atoms. The summed E-state index contributed by atoms with van der Waals surface area (Å²) in [5, 5.41) is 58.8. The average molecular weight is 1000 g/mol. The van der Waals surface area contributed by atoms with Crippen molar-refractivity contribution < 1.29 is 25.5 Å². The molecular formula is C70H80O5. The summed E-state index contributed by atoms with van der Waals surface area (Å²) in [5.74, 6) is 4.61. The molecule has 10 aromatic rings. The third-order valence-electron chi connectivity index (χ3n) is 15.2. The molecule has 10 rings (SSSR count). The summed E-state index contributed by atoms with van der Waals surface area (Å²) < 4.78 is 0. The number of benzene rings is 10. The standard InChI is InChI=1S/5C14H16O/c1-3-10(2)11-4-5-13-9-14(15)7-6-12(13)8-11;1-3-10(2)12-5-4-11-6-7-14(15)9-13(11)8-12;1-3-10(2)11-7-8-13-12(9-11)5-4-6-14(13)15;1-3-10(2)12-8-7-11-5-4-6-14(15)13(11)9-12;1-3-10(2)12-8-11-6-4-5-7-13(11)14(15)9-12/h5*4-10,15H,3H2,1-2H3. The van der Waals surface area contributed by atoms with E-state index in [0.29, 0.717) is 58.3 Å². The van der Waals surface area contributed by atoms with E-state index in [1.54, 1.807) is 30.3 Å². The number of phenols is 5. The van der Waals surface area contributed by atoms with Gasteiger partial charge in [0.05, 0.1) is 0 Å². The van der Waals surface area contributed by atoms with Gasteiger partial charge in [-0.2, -0.15) is 0 Å². The molecule has 390 valence electrons. The average Bonchev–Trinajstić information content (AvgIpc) is 3.44. The largest absolute Gasteiger partial charge is 0.508 e. The maximum atomic E-state index is 9.90. The number of rotatable bonds is 10. The maximum Gasteiger partial charge on any atom is 0.123 e. The van der Waals surface area contributed by atoms with Crippen molar-refractivity contribution in [1.29, 1.82) is 0 Å². The first kappa shape index (κ1) is 56.8. The van der Waals surface area contributed by atoms with Gasteiger partial charge in [-0.1, -0.05) is 203 Å². The summed E-state index contributed by atoms with van der Waals surface area (Å²) >= 11 is 0. The summed E-state index contributed by atoms with van der Waals surface area (Å²) in [6.45, 7) is 22.0. The first-order valence-corrected chi connectivity index (χ1v) is 27.2. The number of hydrogen-bond donors (Lipinski definition) is 5. The fraction of sp³-hybridized carbons (Fsp3) is 0.286. The Morgan fingerprint density at radius 2 is 0.613 bits per heavy atom. The molecule has 5 atom stereocenters. The fourth-order valence-corrected chi connectivity index (χ4v) is 9.07. The van der Waals surface area contributed by atoms with Gasteiger partial charge in [-0.05, 0) is 176 Å². The lowest BCUT2D eigenvalue weighted by Crippen LogP contribution is -1.91. The predicted octanol–water partition coefficient (Wildman–Crippen LogP) is 20.3. The molecule has 5 heteroatoms. The van der Waals surface area contributed by atoms with Gasteiger partial charge in [0.25, 0.3) is 0 Å². The molecule has 10 aromatic carbocycles. The zero-order valence-electron chi connectivity index (χ0n) is 46.0. The first-order valence-electron chi connectivity index (χ1n) is 27.2. The molecule has 0 amide bonds. The van der Waals surface area contributed by atoms with Crippen molar-refractivity contribution >= 4 is 53.9 Å². The molecular weight excluding hydrogens is 921 g/mol. The van der Waals surface area contributed by atoms with Crippen LogP contribution in [0.3, 0.4) is 0 Å². The van der Waals surface area contributed by atoms with Crippen LogP contribution in [0.25, 0.3) is 53.9 Å². The zero-order valence-corrected chi connectivity index (χ0v) is 46.0. The van der Waals surface area contributed by atoms with Crippen LogP contribution in [0.4, 0.5) is 0 Å². The smallest absolute Gasteiger partial charge is 0.123 e. The molecule has 5 N–H and O–H groups in total. The second kappa shape index (κ2) is 27.2. The van der Waals surface area contributed by atoms with Crippen LogP contribution in [0.15, 0.2) is 182 Å². The summed E-state index contributed by atoms with van der Waals surface area (Å²) in [4.78, 5) is 0. The second-order valence-electron chi connectivity index (χ2n) is 20.4. The van der Waals surface area contributed by atoms with Gasteiger partial charge in [0.1, 0.15) is 28.7 Å². The fourth-order valence-electron chi connectivity index (χ4n) is 9.07. The Labute approximate surface area is 446 Å². The monoisotopic (exact) mass is 1000 g/mol. The van der Waals surface area contributed by atoms with Gasteiger partial charge in [-0.25, -0.2) is 0 Å². The summed E-state index contributed by atoms with van der Waals surface area (Å²) in [7, 11) is 0. The highest BCUT2D eigenvalue weighted by atomic mass is 16.3. The molecule has 0 aliphatic carbocycles. The minimum Gasteiger partial charge on any atom is -0.508 e. The van der Waals surface area contributed by atoms with Crippen LogP contribution in [0.2, 0.25) is 0 Å². The second-order valence-corrected chi connectivity index (χ2v) is 20.4. The number of aromatic hydroxyl groups is 5. The third kappa shape index (κ3) is 15.1. The molecule has 0 saturated heterocycles. The van der Waals surface area contributed by atoms with Gasteiger partial charge in [-0.15, -0.1) is 0 Å². The quantitative estimate of drug-likeness (QED) is 0.0940. The number of phenolic OH excluding ortho intramolecular Hbond substituents is 5. The molecule has 5 nitrogen and oxygen atoms in total. The van der Waals surface area contributed by atoms with E-state index in [4.69, 9.17) is 0 Å². The minimum absolute atomic E-state index is 0.332. The Morgan fingerprint density at radius 3 is 1.19 bits per heavy atom. The van der Waals surface area contributed by atoms with E-state index in [1.807, 2.05) is 78.9 Å². The highest BCUT2D eigenvalue weighted by Gasteiger charge is 2.10. The lowest BCUT2D eigenvalue weighted by atomic mass is 9.95. The Kier molecular flexibility index (Phi) is 20.6. The highest BCUT2D eigenvalue weighted by molar-refractivity contribution is 5.91. The SMILES string of the molecule is CCC(C)c1cc(O)c2ccccc2c1.CCC(C)c1ccc2c(O)cccc2c1.CCC(C)c1ccc2cc(O)ccc2c1.CCC(C)c1ccc2ccc(O)cc2c1.CCC(C)c1ccc2cccc(O)c2c1. The van der Waals surface area contributed by atoms with E-state index in [1.165, 1.54) is 38.6 Å². The Hall–Kier alpha value is -7.50. The minimum atomic E-state index is 0.332.